The fourth-order valence-electron chi connectivity index (χ4n) is 1.68. The SMILES string of the molecule is CC/C=C/c1cc(OC)c2c(c1)nnn2C. The molecule has 1 heterocycles. The molecule has 0 unspecified atom stereocenters. The van der Waals surface area contributed by atoms with Crippen molar-refractivity contribution in [2.45, 2.75) is 13.3 Å². The zero-order valence-corrected chi connectivity index (χ0v) is 9.77. The van der Waals surface area contributed by atoms with Crippen LogP contribution in [0.2, 0.25) is 0 Å². The van der Waals surface area contributed by atoms with Gasteiger partial charge in [-0.05, 0) is 24.1 Å². The van der Waals surface area contributed by atoms with Gasteiger partial charge in [-0.15, -0.1) is 5.10 Å². The van der Waals surface area contributed by atoms with Crippen molar-refractivity contribution in [2.24, 2.45) is 7.05 Å². The second-order valence-electron chi connectivity index (χ2n) is 3.61. The van der Waals surface area contributed by atoms with Crippen molar-refractivity contribution in [3.63, 3.8) is 0 Å². The van der Waals surface area contributed by atoms with E-state index >= 15 is 0 Å². The highest BCUT2D eigenvalue weighted by Crippen LogP contribution is 2.26. The van der Waals surface area contributed by atoms with Crippen molar-refractivity contribution in [1.29, 1.82) is 0 Å². The first-order valence-corrected chi connectivity index (χ1v) is 5.30. The molecular weight excluding hydrogens is 202 g/mol. The predicted molar refractivity (Wildman–Crippen MR) is 64.4 cm³/mol. The monoisotopic (exact) mass is 217 g/mol. The predicted octanol–water partition coefficient (Wildman–Crippen LogP) is 2.40. The van der Waals surface area contributed by atoms with Gasteiger partial charge in [0.05, 0.1) is 7.11 Å². The van der Waals surface area contributed by atoms with Crippen molar-refractivity contribution in [1.82, 2.24) is 15.0 Å². The first-order chi connectivity index (χ1) is 7.76. The molecule has 4 heteroatoms. The molecule has 0 aliphatic rings. The van der Waals surface area contributed by atoms with Crippen molar-refractivity contribution in [3.8, 4) is 5.75 Å². The van der Waals surface area contributed by atoms with E-state index in [0.29, 0.717) is 0 Å². The molecule has 0 amide bonds. The van der Waals surface area contributed by atoms with Gasteiger partial charge in [-0.25, -0.2) is 4.68 Å². The highest BCUT2D eigenvalue weighted by atomic mass is 16.5. The maximum atomic E-state index is 5.35. The third-order valence-electron chi connectivity index (χ3n) is 2.45. The average molecular weight is 217 g/mol. The summed E-state index contributed by atoms with van der Waals surface area (Å²) in [7, 11) is 3.52. The number of methoxy groups -OCH3 is 1. The number of hydrogen-bond donors (Lipinski definition) is 0. The van der Waals surface area contributed by atoms with Crippen LogP contribution in [0.4, 0.5) is 0 Å². The summed E-state index contributed by atoms with van der Waals surface area (Å²) >= 11 is 0. The fraction of sp³-hybridized carbons (Fsp3) is 0.333. The van der Waals surface area contributed by atoms with E-state index in [-0.39, 0.29) is 0 Å². The molecule has 0 saturated heterocycles. The zero-order chi connectivity index (χ0) is 11.5. The second kappa shape index (κ2) is 4.35. The maximum absolute atomic E-state index is 5.35. The van der Waals surface area contributed by atoms with Crippen LogP contribution in [0.1, 0.15) is 18.9 Å². The third-order valence-corrected chi connectivity index (χ3v) is 2.45. The molecule has 0 N–H and O–H groups in total. The van der Waals surface area contributed by atoms with Gasteiger partial charge in [0.15, 0.2) is 0 Å². The molecule has 0 bridgehead atoms. The van der Waals surface area contributed by atoms with Gasteiger partial charge < -0.3 is 4.74 Å². The molecule has 0 saturated carbocycles. The number of allylic oxidation sites excluding steroid dienone is 1. The number of fused-ring (bicyclic) bond motifs is 1. The number of nitrogens with zero attached hydrogens (tertiary/aromatic N) is 3. The molecule has 4 nitrogen and oxygen atoms in total. The lowest BCUT2D eigenvalue weighted by Crippen LogP contribution is -1.93. The van der Waals surface area contributed by atoms with Crippen LogP contribution in [0.3, 0.4) is 0 Å². The molecule has 1 aromatic carbocycles. The summed E-state index contributed by atoms with van der Waals surface area (Å²) in [4.78, 5) is 0. The van der Waals surface area contributed by atoms with E-state index in [1.165, 1.54) is 0 Å². The normalized spacial score (nSPS) is 11.4. The van der Waals surface area contributed by atoms with Crippen LogP contribution in [0.5, 0.6) is 5.75 Å². The number of rotatable bonds is 3. The molecule has 0 spiro atoms. The summed E-state index contributed by atoms with van der Waals surface area (Å²) in [6, 6.07) is 4.01. The minimum atomic E-state index is 0.806. The lowest BCUT2D eigenvalue weighted by Gasteiger charge is -2.04. The van der Waals surface area contributed by atoms with Gasteiger partial charge in [0.1, 0.15) is 16.8 Å². The fourth-order valence-corrected chi connectivity index (χ4v) is 1.68. The Labute approximate surface area is 94.5 Å². The van der Waals surface area contributed by atoms with Gasteiger partial charge in [0.25, 0.3) is 0 Å². The first kappa shape index (κ1) is 10.7. The van der Waals surface area contributed by atoms with E-state index in [4.69, 9.17) is 4.74 Å². The Kier molecular flexibility index (Phi) is 2.90. The molecule has 1 aromatic heterocycles. The van der Waals surface area contributed by atoms with Crippen LogP contribution in [0.15, 0.2) is 18.2 Å². The van der Waals surface area contributed by atoms with Gasteiger partial charge in [0, 0.05) is 7.05 Å². The smallest absolute Gasteiger partial charge is 0.147 e. The van der Waals surface area contributed by atoms with Gasteiger partial charge in [0.2, 0.25) is 0 Å². The van der Waals surface area contributed by atoms with Crippen LogP contribution in [-0.4, -0.2) is 22.1 Å². The maximum Gasteiger partial charge on any atom is 0.147 e. The Morgan fingerprint density at radius 3 is 2.94 bits per heavy atom. The Balaban J connectivity index is 2.60. The van der Waals surface area contributed by atoms with Gasteiger partial charge in [-0.2, -0.15) is 0 Å². The third kappa shape index (κ3) is 1.78. The molecule has 84 valence electrons. The molecule has 16 heavy (non-hydrogen) atoms. The number of aromatic nitrogens is 3. The summed E-state index contributed by atoms with van der Waals surface area (Å²) in [6.07, 6.45) is 5.19. The Hall–Kier alpha value is -1.84. The van der Waals surface area contributed by atoms with Crippen molar-refractivity contribution in [3.05, 3.63) is 23.8 Å². The molecule has 0 fully saturated rings. The molecule has 0 aliphatic heterocycles. The van der Waals surface area contributed by atoms with E-state index in [1.807, 2.05) is 19.2 Å². The van der Waals surface area contributed by atoms with Crippen LogP contribution >= 0.6 is 0 Å². The molecule has 0 atom stereocenters. The lowest BCUT2D eigenvalue weighted by molar-refractivity contribution is 0.417. The largest absolute Gasteiger partial charge is 0.494 e. The minimum Gasteiger partial charge on any atom is -0.494 e. The van der Waals surface area contributed by atoms with E-state index in [2.05, 4.69) is 29.4 Å². The topological polar surface area (TPSA) is 39.9 Å². The highest BCUT2D eigenvalue weighted by Gasteiger charge is 2.08. The van der Waals surface area contributed by atoms with Crippen molar-refractivity contribution >= 4 is 17.1 Å². The summed E-state index contributed by atoms with van der Waals surface area (Å²) in [5.74, 6) is 0.806. The molecule has 2 rings (SSSR count). The zero-order valence-electron chi connectivity index (χ0n) is 9.77. The summed E-state index contributed by atoms with van der Waals surface area (Å²) in [6.45, 7) is 2.11. The molecule has 0 radical (unpaired) electrons. The first-order valence-electron chi connectivity index (χ1n) is 5.30. The van der Waals surface area contributed by atoms with Gasteiger partial charge >= 0.3 is 0 Å². The Bertz CT molecular complexity index is 528. The van der Waals surface area contributed by atoms with Crippen LogP contribution in [-0.2, 0) is 7.05 Å². The van der Waals surface area contributed by atoms with E-state index in [0.717, 1.165) is 28.8 Å². The lowest BCUT2D eigenvalue weighted by atomic mass is 10.1. The van der Waals surface area contributed by atoms with Crippen molar-refractivity contribution < 1.29 is 4.74 Å². The number of ether oxygens (including phenoxy) is 1. The van der Waals surface area contributed by atoms with Crippen LogP contribution in [0.25, 0.3) is 17.1 Å². The quantitative estimate of drug-likeness (QED) is 0.792. The van der Waals surface area contributed by atoms with Gasteiger partial charge in [-0.1, -0.05) is 24.3 Å². The van der Waals surface area contributed by atoms with Crippen molar-refractivity contribution in [2.75, 3.05) is 7.11 Å². The van der Waals surface area contributed by atoms with E-state index < -0.39 is 0 Å². The average Bonchev–Trinajstić information content (AvgIpc) is 2.67. The number of benzene rings is 1. The number of aryl methyl sites for hydroxylation is 1. The van der Waals surface area contributed by atoms with E-state index in [9.17, 15) is 0 Å². The van der Waals surface area contributed by atoms with Gasteiger partial charge in [-0.3, -0.25) is 0 Å². The molecule has 2 aromatic rings. The Morgan fingerprint density at radius 1 is 1.44 bits per heavy atom. The molecule has 0 aliphatic carbocycles. The second-order valence-corrected chi connectivity index (χ2v) is 3.61. The van der Waals surface area contributed by atoms with Crippen LogP contribution < -0.4 is 4.74 Å². The number of hydrogen-bond acceptors (Lipinski definition) is 3. The van der Waals surface area contributed by atoms with E-state index in [1.54, 1.807) is 11.8 Å². The summed E-state index contributed by atoms with van der Waals surface area (Å²) in [5.41, 5.74) is 2.88. The molecular formula is C12H15N3O. The highest BCUT2D eigenvalue weighted by molar-refractivity contribution is 5.84. The standard InChI is InChI=1S/C12H15N3O/c1-4-5-6-9-7-10-12(11(8-9)16-3)15(2)14-13-10/h5-8H,4H2,1-3H3/b6-5+. The Morgan fingerprint density at radius 2 is 2.25 bits per heavy atom. The summed E-state index contributed by atoms with van der Waals surface area (Å²) < 4.78 is 7.08. The van der Waals surface area contributed by atoms with Crippen LogP contribution in [0, 0.1) is 0 Å². The summed E-state index contributed by atoms with van der Waals surface area (Å²) in [5, 5.41) is 8.08. The minimum absolute atomic E-state index is 0.806.